The molecule has 4 aromatic rings. The summed E-state index contributed by atoms with van der Waals surface area (Å²) in [6, 6.07) is 19.4. The second kappa shape index (κ2) is 11.9. The fourth-order valence-electron chi connectivity index (χ4n) is 4.65. The first kappa shape index (κ1) is 28.0. The van der Waals surface area contributed by atoms with E-state index >= 15 is 0 Å². The van der Waals surface area contributed by atoms with E-state index in [0.29, 0.717) is 46.9 Å². The fourth-order valence-corrected chi connectivity index (χ4v) is 5.51. The Kier molecular flexibility index (Phi) is 8.11. The number of hydrogen-bond acceptors (Lipinski definition) is 7. The van der Waals surface area contributed by atoms with Crippen molar-refractivity contribution in [1.82, 2.24) is 20.1 Å². The van der Waals surface area contributed by atoms with Gasteiger partial charge in [-0.25, -0.2) is 4.90 Å². The van der Waals surface area contributed by atoms with Crippen molar-refractivity contribution >= 4 is 41.0 Å². The van der Waals surface area contributed by atoms with E-state index in [1.54, 1.807) is 48.5 Å². The van der Waals surface area contributed by atoms with Crippen molar-refractivity contribution in [2.24, 2.45) is 0 Å². The van der Waals surface area contributed by atoms with Crippen LogP contribution in [0.25, 0.3) is 5.69 Å². The average molecular weight is 568 g/mol. The van der Waals surface area contributed by atoms with Gasteiger partial charge in [0.1, 0.15) is 5.82 Å². The topological polar surface area (TPSA) is 114 Å². The molecule has 10 heteroatoms. The van der Waals surface area contributed by atoms with Crippen LogP contribution in [0.3, 0.4) is 0 Å². The number of carbonyl (C=O) groups excluding carboxylic acids is 4. The van der Waals surface area contributed by atoms with Crippen LogP contribution in [0.4, 0.5) is 5.69 Å². The lowest BCUT2D eigenvalue weighted by atomic mass is 10.1. The number of nitrogens with one attached hydrogen (secondary N) is 1. The van der Waals surface area contributed by atoms with E-state index in [4.69, 9.17) is 0 Å². The number of aryl methyl sites for hydroxylation is 3. The number of carbonyl (C=O) groups is 4. The number of nitrogens with zero attached hydrogens (tertiary/aromatic N) is 4. The van der Waals surface area contributed by atoms with Crippen molar-refractivity contribution in [3.05, 3.63) is 100 Å². The molecule has 1 aliphatic heterocycles. The van der Waals surface area contributed by atoms with Crippen LogP contribution < -0.4 is 10.2 Å². The first-order valence-electron chi connectivity index (χ1n) is 13.2. The average Bonchev–Trinajstić information content (AvgIpc) is 3.49. The fraction of sp³-hybridized carbons (Fsp3) is 0.226. The normalized spacial score (nSPS) is 12.5. The van der Waals surface area contributed by atoms with Crippen molar-refractivity contribution in [2.45, 2.75) is 38.8 Å². The summed E-state index contributed by atoms with van der Waals surface area (Å²) in [7, 11) is 0. The zero-order valence-corrected chi connectivity index (χ0v) is 23.8. The summed E-state index contributed by atoms with van der Waals surface area (Å²) in [5, 5.41) is 12.2. The molecule has 3 amide bonds. The Labute approximate surface area is 242 Å². The third-order valence-electron chi connectivity index (χ3n) is 6.95. The summed E-state index contributed by atoms with van der Waals surface area (Å²) >= 11 is 1.27. The van der Waals surface area contributed by atoms with Gasteiger partial charge in [0, 0.05) is 31.1 Å². The van der Waals surface area contributed by atoms with Gasteiger partial charge in [-0.1, -0.05) is 42.1 Å². The van der Waals surface area contributed by atoms with Gasteiger partial charge in [0.25, 0.3) is 11.8 Å². The minimum absolute atomic E-state index is 0.0811. The molecule has 5 rings (SSSR count). The predicted octanol–water partition coefficient (Wildman–Crippen LogP) is 4.73. The largest absolute Gasteiger partial charge is 0.356 e. The highest BCUT2D eigenvalue weighted by atomic mass is 32.2. The van der Waals surface area contributed by atoms with Crippen LogP contribution in [0.1, 0.15) is 61.4 Å². The van der Waals surface area contributed by atoms with Crippen LogP contribution in [-0.4, -0.2) is 50.6 Å². The minimum Gasteiger partial charge on any atom is -0.356 e. The molecule has 41 heavy (non-hydrogen) atoms. The monoisotopic (exact) mass is 567 g/mol. The van der Waals surface area contributed by atoms with Gasteiger partial charge < -0.3 is 5.32 Å². The Morgan fingerprint density at radius 1 is 0.854 bits per heavy atom. The molecule has 0 saturated carbocycles. The molecule has 1 N–H and O–H groups in total. The van der Waals surface area contributed by atoms with Crippen molar-refractivity contribution in [3.8, 4) is 5.69 Å². The summed E-state index contributed by atoms with van der Waals surface area (Å²) in [5.41, 5.74) is 4.63. The van der Waals surface area contributed by atoms with Crippen LogP contribution in [0.15, 0.2) is 71.9 Å². The minimum atomic E-state index is -0.405. The van der Waals surface area contributed by atoms with Gasteiger partial charge in [0.15, 0.2) is 10.9 Å². The number of fused-ring (bicyclic) bond motifs is 1. The Morgan fingerprint density at radius 2 is 1.59 bits per heavy atom. The number of Topliss-reactive ketones (excluding diaryl/α,β-unsaturated/α-hetero) is 1. The zero-order valence-electron chi connectivity index (χ0n) is 23.0. The van der Waals surface area contributed by atoms with Gasteiger partial charge in [-0.3, -0.25) is 23.7 Å². The SMILES string of the molecule is CC(=O)NCCCc1nnc(SCC(=O)c2cccc(N3C(=O)c4ccccc4C3=O)c2)n1-c1ccc(C)c(C)c1. The number of benzene rings is 3. The Bertz CT molecular complexity index is 1640. The number of aromatic nitrogens is 3. The molecule has 0 radical (unpaired) electrons. The summed E-state index contributed by atoms with van der Waals surface area (Å²) < 4.78 is 1.95. The second-order valence-electron chi connectivity index (χ2n) is 9.84. The zero-order chi connectivity index (χ0) is 29.1. The molecule has 0 atom stereocenters. The van der Waals surface area contributed by atoms with Crippen LogP contribution in [0.5, 0.6) is 0 Å². The molecule has 0 fully saturated rings. The lowest BCUT2D eigenvalue weighted by Gasteiger charge is -2.15. The summed E-state index contributed by atoms with van der Waals surface area (Å²) in [6.07, 6.45) is 1.29. The van der Waals surface area contributed by atoms with Crippen molar-refractivity contribution in [3.63, 3.8) is 0 Å². The van der Waals surface area contributed by atoms with Crippen LogP contribution >= 0.6 is 11.8 Å². The van der Waals surface area contributed by atoms with Crippen molar-refractivity contribution in [2.75, 3.05) is 17.2 Å². The molecule has 0 saturated heterocycles. The highest BCUT2D eigenvalue weighted by Crippen LogP contribution is 2.30. The highest BCUT2D eigenvalue weighted by molar-refractivity contribution is 7.99. The number of ketones is 1. The summed E-state index contributed by atoms with van der Waals surface area (Å²) in [6.45, 7) is 6.10. The molecule has 2 heterocycles. The van der Waals surface area contributed by atoms with Gasteiger partial charge in [0.05, 0.1) is 22.6 Å². The molecule has 9 nitrogen and oxygen atoms in total. The van der Waals surface area contributed by atoms with E-state index in [2.05, 4.69) is 21.6 Å². The molecule has 3 aromatic carbocycles. The first-order chi connectivity index (χ1) is 19.7. The number of rotatable bonds is 10. The van der Waals surface area contributed by atoms with E-state index in [0.717, 1.165) is 27.5 Å². The summed E-state index contributed by atoms with van der Waals surface area (Å²) in [5.74, 6) is -0.242. The lowest BCUT2D eigenvalue weighted by molar-refractivity contribution is -0.118. The van der Waals surface area contributed by atoms with Gasteiger partial charge >= 0.3 is 0 Å². The van der Waals surface area contributed by atoms with E-state index in [9.17, 15) is 19.2 Å². The highest BCUT2D eigenvalue weighted by Gasteiger charge is 2.36. The van der Waals surface area contributed by atoms with Crippen LogP contribution in [0, 0.1) is 13.8 Å². The third kappa shape index (κ3) is 5.83. The van der Waals surface area contributed by atoms with E-state index < -0.39 is 11.8 Å². The van der Waals surface area contributed by atoms with Crippen molar-refractivity contribution in [1.29, 1.82) is 0 Å². The molecule has 0 unspecified atom stereocenters. The summed E-state index contributed by atoms with van der Waals surface area (Å²) in [4.78, 5) is 51.5. The Morgan fingerprint density at radius 3 is 2.27 bits per heavy atom. The predicted molar refractivity (Wildman–Crippen MR) is 157 cm³/mol. The van der Waals surface area contributed by atoms with Gasteiger partial charge in [-0.2, -0.15) is 0 Å². The number of hydrogen-bond donors (Lipinski definition) is 1. The molecule has 1 aromatic heterocycles. The van der Waals surface area contributed by atoms with Gasteiger partial charge in [-0.05, 0) is 67.8 Å². The molecule has 0 bridgehead atoms. The second-order valence-corrected chi connectivity index (χ2v) is 10.8. The Balaban J connectivity index is 1.35. The quantitative estimate of drug-likeness (QED) is 0.128. The third-order valence-corrected chi connectivity index (χ3v) is 7.88. The van der Waals surface area contributed by atoms with Gasteiger partial charge in [0.2, 0.25) is 5.91 Å². The van der Waals surface area contributed by atoms with Crippen molar-refractivity contribution < 1.29 is 19.2 Å². The maximum absolute atomic E-state index is 13.3. The van der Waals surface area contributed by atoms with E-state index in [-0.39, 0.29) is 17.4 Å². The number of anilines is 1. The molecule has 0 spiro atoms. The first-order valence-corrected chi connectivity index (χ1v) is 14.2. The molecular weight excluding hydrogens is 538 g/mol. The molecular formula is C31H29N5O4S. The van der Waals surface area contributed by atoms with Crippen LogP contribution in [-0.2, 0) is 11.2 Å². The smallest absolute Gasteiger partial charge is 0.266 e. The van der Waals surface area contributed by atoms with Gasteiger partial charge in [-0.15, -0.1) is 10.2 Å². The molecule has 208 valence electrons. The van der Waals surface area contributed by atoms with E-state index in [1.807, 2.05) is 30.5 Å². The maximum atomic E-state index is 13.3. The Hall–Kier alpha value is -4.57. The molecule has 1 aliphatic rings. The standard InChI is InChI=1S/C31H29N5O4S/c1-19-13-14-24(16-20(19)2)35-28(12-7-15-32-21(3)37)33-34-31(35)41-18-27(38)22-8-6-9-23(17-22)36-29(39)25-10-4-5-11-26(25)30(36)40/h4-6,8-11,13-14,16-17H,7,12,15,18H2,1-3H3,(H,32,37). The number of imide groups is 1. The maximum Gasteiger partial charge on any atom is 0.266 e. The molecule has 0 aliphatic carbocycles. The number of thioether (sulfide) groups is 1. The number of amides is 3. The lowest BCUT2D eigenvalue weighted by Crippen LogP contribution is -2.29. The van der Waals surface area contributed by atoms with E-state index in [1.165, 1.54) is 18.7 Å². The van der Waals surface area contributed by atoms with Crippen LogP contribution in [0.2, 0.25) is 0 Å².